The molecule has 1 aromatic heterocycles. The van der Waals surface area contributed by atoms with Crippen LogP contribution in [-0.2, 0) is 0 Å². The number of carbonyl (C=O) groups excluding carboxylic acids is 1. The number of nitro groups is 1. The predicted molar refractivity (Wildman–Crippen MR) is 121 cm³/mol. The monoisotopic (exact) mass is 440 g/mol. The molecule has 8 nitrogen and oxygen atoms in total. The summed E-state index contributed by atoms with van der Waals surface area (Å²) in [5, 5.41) is 19.3. The van der Waals surface area contributed by atoms with E-state index in [2.05, 4.69) is 22.3 Å². The molecule has 1 amide bonds. The van der Waals surface area contributed by atoms with E-state index in [1.807, 2.05) is 42.5 Å². The van der Waals surface area contributed by atoms with Gasteiger partial charge in [-0.2, -0.15) is 0 Å². The van der Waals surface area contributed by atoms with E-state index in [-0.39, 0.29) is 17.6 Å². The minimum Gasteiger partial charge on any atom is -0.418 e. The third-order valence-electron chi connectivity index (χ3n) is 5.80. The lowest BCUT2D eigenvalue weighted by Crippen LogP contribution is -2.30. The summed E-state index contributed by atoms with van der Waals surface area (Å²) in [5.74, 6) is 0.587. The van der Waals surface area contributed by atoms with Crippen molar-refractivity contribution in [1.29, 1.82) is 0 Å². The average Bonchev–Trinajstić information content (AvgIpc) is 3.54. The Morgan fingerprint density at radius 1 is 0.909 bits per heavy atom. The van der Waals surface area contributed by atoms with Crippen molar-refractivity contribution in [3.63, 3.8) is 0 Å². The summed E-state index contributed by atoms with van der Waals surface area (Å²) in [5.41, 5.74) is 3.36. The number of rotatable bonds is 5. The first-order valence-electron chi connectivity index (χ1n) is 10.6. The van der Waals surface area contributed by atoms with Gasteiger partial charge in [-0.25, -0.2) is 0 Å². The predicted octanol–water partition coefficient (Wildman–Crippen LogP) is 5.29. The average molecular weight is 440 g/mol. The Bertz CT molecular complexity index is 1280. The molecule has 0 bridgehead atoms. The Labute approximate surface area is 189 Å². The smallest absolute Gasteiger partial charge is 0.269 e. The van der Waals surface area contributed by atoms with Gasteiger partial charge in [-0.1, -0.05) is 42.5 Å². The summed E-state index contributed by atoms with van der Waals surface area (Å²) in [7, 11) is 0. The second-order valence-corrected chi connectivity index (χ2v) is 7.85. The molecular weight excluding hydrogens is 420 g/mol. The SMILES string of the molecule is O=C(c1ccc([N+](=O)[O-])cc1)N1CCCC1c1nnc(-c2ccc(-c3ccccc3)cc2)o1. The van der Waals surface area contributed by atoms with Crippen LogP contribution in [0.25, 0.3) is 22.6 Å². The standard InChI is InChI=1S/C25H20N4O4/c30-25(20-12-14-21(15-13-20)29(31)32)28-16-4-7-22(28)24-27-26-23(33-24)19-10-8-18(9-11-19)17-5-2-1-3-6-17/h1-3,5-6,8-15,22H,4,7,16H2. The number of nitro benzene ring substituents is 1. The highest BCUT2D eigenvalue weighted by atomic mass is 16.6. The quantitative estimate of drug-likeness (QED) is 0.309. The van der Waals surface area contributed by atoms with E-state index < -0.39 is 4.92 Å². The van der Waals surface area contributed by atoms with Crippen molar-refractivity contribution in [3.05, 3.63) is 100 Å². The Hall–Kier alpha value is -4.33. The van der Waals surface area contributed by atoms with Crippen molar-refractivity contribution in [2.24, 2.45) is 0 Å². The van der Waals surface area contributed by atoms with Crippen molar-refractivity contribution in [1.82, 2.24) is 15.1 Å². The highest BCUT2D eigenvalue weighted by Gasteiger charge is 2.34. The number of carbonyl (C=O) groups is 1. The molecule has 1 aliphatic rings. The van der Waals surface area contributed by atoms with Crippen molar-refractivity contribution in [3.8, 4) is 22.6 Å². The van der Waals surface area contributed by atoms with Crippen LogP contribution in [-0.4, -0.2) is 32.5 Å². The lowest BCUT2D eigenvalue weighted by molar-refractivity contribution is -0.384. The molecule has 4 aromatic rings. The fourth-order valence-corrected chi connectivity index (χ4v) is 4.08. The molecule has 1 aliphatic heterocycles. The van der Waals surface area contributed by atoms with Crippen molar-refractivity contribution >= 4 is 11.6 Å². The maximum atomic E-state index is 13.0. The number of likely N-dealkylation sites (tertiary alicyclic amines) is 1. The second kappa shape index (κ2) is 8.66. The van der Waals surface area contributed by atoms with Crippen LogP contribution in [0.1, 0.15) is 35.1 Å². The van der Waals surface area contributed by atoms with E-state index in [1.54, 1.807) is 4.90 Å². The molecule has 1 fully saturated rings. The van der Waals surface area contributed by atoms with Crippen molar-refractivity contribution in [2.75, 3.05) is 6.54 Å². The Morgan fingerprint density at radius 2 is 1.58 bits per heavy atom. The van der Waals surface area contributed by atoms with Crippen molar-refractivity contribution < 1.29 is 14.1 Å². The molecular formula is C25H20N4O4. The molecule has 0 N–H and O–H groups in total. The summed E-state index contributed by atoms with van der Waals surface area (Å²) in [4.78, 5) is 25.1. The largest absolute Gasteiger partial charge is 0.418 e. The number of aromatic nitrogens is 2. The minimum absolute atomic E-state index is 0.0515. The van der Waals surface area contributed by atoms with Gasteiger partial charge in [-0.3, -0.25) is 14.9 Å². The van der Waals surface area contributed by atoms with Gasteiger partial charge in [0.25, 0.3) is 11.6 Å². The summed E-state index contributed by atoms with van der Waals surface area (Å²) in [6, 6.07) is 23.3. The van der Waals surface area contributed by atoms with Gasteiger partial charge in [-0.05, 0) is 48.2 Å². The summed E-state index contributed by atoms with van der Waals surface area (Å²) in [6.45, 7) is 0.559. The van der Waals surface area contributed by atoms with Gasteiger partial charge in [0, 0.05) is 29.8 Å². The molecule has 0 saturated carbocycles. The Balaban J connectivity index is 1.34. The van der Waals surface area contributed by atoms with Crippen LogP contribution in [0.4, 0.5) is 5.69 Å². The molecule has 164 valence electrons. The first-order chi connectivity index (χ1) is 16.1. The van der Waals surface area contributed by atoms with Crippen molar-refractivity contribution in [2.45, 2.75) is 18.9 Å². The molecule has 1 atom stereocenters. The number of hydrogen-bond donors (Lipinski definition) is 0. The molecule has 8 heteroatoms. The van der Waals surface area contributed by atoms with E-state index in [4.69, 9.17) is 4.42 Å². The normalized spacial score (nSPS) is 15.5. The number of benzene rings is 3. The third-order valence-corrected chi connectivity index (χ3v) is 5.80. The molecule has 1 saturated heterocycles. The lowest BCUT2D eigenvalue weighted by Gasteiger charge is -2.22. The van der Waals surface area contributed by atoms with Crippen LogP contribution in [0.15, 0.2) is 83.3 Å². The molecule has 5 rings (SSSR count). The zero-order valence-corrected chi connectivity index (χ0v) is 17.6. The second-order valence-electron chi connectivity index (χ2n) is 7.85. The number of non-ortho nitro benzene ring substituents is 1. The van der Waals surface area contributed by atoms with Gasteiger partial charge < -0.3 is 9.32 Å². The number of hydrogen-bond acceptors (Lipinski definition) is 6. The molecule has 0 radical (unpaired) electrons. The zero-order valence-electron chi connectivity index (χ0n) is 17.6. The first kappa shape index (κ1) is 20.6. The number of amides is 1. The molecule has 3 aromatic carbocycles. The fourth-order valence-electron chi connectivity index (χ4n) is 4.08. The van der Waals surface area contributed by atoms with E-state index in [9.17, 15) is 14.9 Å². The van der Waals surface area contributed by atoms with Crippen LogP contribution in [0.3, 0.4) is 0 Å². The summed E-state index contributed by atoms with van der Waals surface area (Å²) in [6.07, 6.45) is 1.53. The van der Waals surface area contributed by atoms with Gasteiger partial charge in [0.15, 0.2) is 0 Å². The van der Waals surface area contributed by atoms with Crippen LogP contribution < -0.4 is 0 Å². The fraction of sp³-hybridized carbons (Fsp3) is 0.160. The van der Waals surface area contributed by atoms with Gasteiger partial charge >= 0.3 is 0 Å². The van der Waals surface area contributed by atoms with Crippen LogP contribution in [0, 0.1) is 10.1 Å². The van der Waals surface area contributed by atoms with E-state index >= 15 is 0 Å². The van der Waals surface area contributed by atoms with E-state index in [0.717, 1.165) is 23.1 Å². The van der Waals surface area contributed by atoms with Gasteiger partial charge in [0.05, 0.1) is 4.92 Å². The summed E-state index contributed by atoms with van der Waals surface area (Å²) < 4.78 is 5.96. The highest BCUT2D eigenvalue weighted by Crippen LogP contribution is 2.34. The van der Waals surface area contributed by atoms with Crippen LogP contribution in [0.2, 0.25) is 0 Å². The van der Waals surface area contributed by atoms with E-state index in [1.165, 1.54) is 24.3 Å². The van der Waals surface area contributed by atoms with Crippen LogP contribution >= 0.6 is 0 Å². The minimum atomic E-state index is -0.487. The first-order valence-corrected chi connectivity index (χ1v) is 10.6. The molecule has 1 unspecified atom stereocenters. The van der Waals surface area contributed by atoms with Crippen LogP contribution in [0.5, 0.6) is 0 Å². The van der Waals surface area contributed by atoms with Gasteiger partial charge in [0.2, 0.25) is 11.8 Å². The zero-order chi connectivity index (χ0) is 22.8. The van der Waals surface area contributed by atoms with Gasteiger partial charge in [-0.15, -0.1) is 10.2 Å². The molecule has 0 spiro atoms. The third kappa shape index (κ3) is 4.10. The topological polar surface area (TPSA) is 102 Å². The molecule has 0 aliphatic carbocycles. The maximum Gasteiger partial charge on any atom is 0.269 e. The highest BCUT2D eigenvalue weighted by molar-refractivity contribution is 5.94. The van der Waals surface area contributed by atoms with Gasteiger partial charge in [0.1, 0.15) is 6.04 Å². The lowest BCUT2D eigenvalue weighted by atomic mass is 10.0. The molecule has 33 heavy (non-hydrogen) atoms. The Kier molecular flexibility index (Phi) is 5.40. The molecule has 2 heterocycles. The summed E-state index contributed by atoms with van der Waals surface area (Å²) >= 11 is 0. The maximum absolute atomic E-state index is 13.0. The number of nitrogens with zero attached hydrogens (tertiary/aromatic N) is 4. The Morgan fingerprint density at radius 3 is 2.27 bits per heavy atom. The van der Waals surface area contributed by atoms with E-state index in [0.29, 0.717) is 30.3 Å².